The van der Waals surface area contributed by atoms with Crippen LogP contribution in [0.15, 0.2) is 0 Å². The van der Waals surface area contributed by atoms with E-state index in [1.807, 2.05) is 45.2 Å². The molecule has 0 saturated carbocycles. The summed E-state index contributed by atoms with van der Waals surface area (Å²) in [7, 11) is 0. The van der Waals surface area contributed by atoms with E-state index in [4.69, 9.17) is 4.74 Å². The van der Waals surface area contributed by atoms with Crippen molar-refractivity contribution in [3.63, 3.8) is 0 Å². The highest BCUT2D eigenvalue weighted by atomic mass is 127. The van der Waals surface area contributed by atoms with Gasteiger partial charge in [0.15, 0.2) is 0 Å². The highest BCUT2D eigenvalue weighted by molar-refractivity contribution is 14.1. The van der Waals surface area contributed by atoms with Gasteiger partial charge in [0.25, 0.3) is 11.8 Å². The topological polar surface area (TPSA) is 189 Å². The highest BCUT2D eigenvalue weighted by Crippen LogP contribution is 2.40. The molecule has 3 amide bonds. The number of hydrogen-bond acceptors (Lipinski definition) is 9. The first kappa shape index (κ1) is 28.7. The van der Waals surface area contributed by atoms with Crippen LogP contribution >= 0.6 is 67.8 Å². The lowest BCUT2D eigenvalue weighted by Gasteiger charge is -2.27. The second-order valence-corrected chi connectivity index (χ2v) is 10.1. The van der Waals surface area contributed by atoms with Crippen LogP contribution in [-0.2, 0) is 4.74 Å². The van der Waals surface area contributed by atoms with Crippen molar-refractivity contribution in [1.82, 2.24) is 10.6 Å². The Hall–Kier alpha value is -0.580. The predicted octanol–water partition coefficient (Wildman–Crippen LogP) is -1.02. The molecule has 1 aliphatic rings. The van der Waals surface area contributed by atoms with Crippen molar-refractivity contribution in [1.29, 1.82) is 0 Å². The van der Waals surface area contributed by atoms with Crippen LogP contribution in [0.3, 0.4) is 0 Å². The van der Waals surface area contributed by atoms with Crippen LogP contribution in [0, 0.1) is 10.7 Å². The van der Waals surface area contributed by atoms with Crippen LogP contribution in [0.25, 0.3) is 0 Å². The Morgan fingerprint density at radius 1 is 0.879 bits per heavy atom. The molecule has 0 aliphatic carbocycles. The molecule has 1 atom stereocenters. The first-order valence-corrected chi connectivity index (χ1v) is 12.7. The van der Waals surface area contributed by atoms with E-state index < -0.39 is 69.1 Å². The lowest BCUT2D eigenvalue weighted by Crippen LogP contribution is -2.43. The van der Waals surface area contributed by atoms with Crippen LogP contribution in [0.5, 0.6) is 0 Å². The minimum absolute atomic E-state index is 0.00426. The van der Waals surface area contributed by atoms with Crippen molar-refractivity contribution in [3.05, 3.63) is 21.8 Å². The molecule has 0 bridgehead atoms. The average molecular weight is 805 g/mol. The smallest absolute Gasteiger partial charge is 0.414 e. The zero-order chi connectivity index (χ0) is 24.9. The average Bonchev–Trinajstić information content (AvgIpc) is 3.15. The van der Waals surface area contributed by atoms with E-state index >= 15 is 0 Å². The van der Waals surface area contributed by atoms with Gasteiger partial charge in [0, 0.05) is 3.57 Å². The van der Waals surface area contributed by atoms with Gasteiger partial charge in [-0.3, -0.25) is 14.5 Å². The summed E-state index contributed by atoms with van der Waals surface area (Å²) in [6.45, 7) is -2.63. The Labute approximate surface area is 229 Å². The number of hydrogen-bond donors (Lipinski definition) is 7. The van der Waals surface area contributed by atoms with Gasteiger partial charge in [0.05, 0.1) is 75.1 Å². The lowest BCUT2D eigenvalue weighted by molar-refractivity contribution is 0.0874. The molecule has 2 rings (SSSR count). The molecule has 0 spiro atoms. The van der Waals surface area contributed by atoms with Gasteiger partial charge in [0.2, 0.25) is 0 Å². The normalized spacial score (nSPS) is 15.9. The second kappa shape index (κ2) is 12.9. The number of amides is 3. The van der Waals surface area contributed by atoms with Gasteiger partial charge in [-0.2, -0.15) is 0 Å². The van der Waals surface area contributed by atoms with Gasteiger partial charge < -0.3 is 40.9 Å². The van der Waals surface area contributed by atoms with E-state index in [0.29, 0.717) is 0 Å². The molecule has 33 heavy (non-hydrogen) atoms. The number of aliphatic hydroxyl groups excluding tert-OH is 5. The molecule has 184 valence electrons. The summed E-state index contributed by atoms with van der Waals surface area (Å²) in [5.74, 6) is -1.42. The van der Waals surface area contributed by atoms with Gasteiger partial charge in [0.1, 0.15) is 6.61 Å². The molecule has 7 N–H and O–H groups in total. The quantitative estimate of drug-likeness (QED) is 0.146. The Bertz CT molecular complexity index is 857. The Morgan fingerprint density at radius 3 is 1.67 bits per heavy atom. The van der Waals surface area contributed by atoms with E-state index in [1.54, 1.807) is 22.6 Å². The van der Waals surface area contributed by atoms with E-state index in [0.717, 1.165) is 0 Å². The molecule has 1 saturated heterocycles. The molecule has 1 fully saturated rings. The van der Waals surface area contributed by atoms with Gasteiger partial charge in [-0.15, -0.1) is 0 Å². The first-order valence-electron chi connectivity index (χ1n) is 9.49. The van der Waals surface area contributed by atoms with Crippen molar-refractivity contribution < 1.29 is 44.7 Å². The van der Waals surface area contributed by atoms with E-state index in [1.165, 1.54) is 4.90 Å². The van der Waals surface area contributed by atoms with Crippen LogP contribution in [0.1, 0.15) is 20.7 Å². The molecule has 0 aromatic heterocycles. The van der Waals surface area contributed by atoms with Crippen molar-refractivity contribution >= 4 is 91.4 Å². The standard InChI is InChI=1S/C18H22I3N3O9/c19-12-10(16(30)22-7(1-25)2-26)13(20)15(24-9(5-29)6-33-18(24)32)14(21)11(12)17(31)23-8(3-27)4-28/h7-9,25-29H,1-6H2,(H,22,30)(H,23,31). The molecule has 1 aromatic carbocycles. The lowest BCUT2D eigenvalue weighted by atomic mass is 10.1. The molecular formula is C18H22I3N3O9. The summed E-state index contributed by atoms with van der Waals surface area (Å²) < 4.78 is 5.82. The summed E-state index contributed by atoms with van der Waals surface area (Å²) >= 11 is 5.49. The molecular weight excluding hydrogens is 783 g/mol. The molecule has 0 radical (unpaired) electrons. The highest BCUT2D eigenvalue weighted by Gasteiger charge is 2.40. The number of nitrogens with one attached hydrogen (secondary N) is 2. The van der Waals surface area contributed by atoms with E-state index in [2.05, 4.69) is 10.6 Å². The summed E-state index contributed by atoms with van der Waals surface area (Å²) in [6.07, 6.45) is -0.768. The first-order chi connectivity index (χ1) is 15.7. The summed E-state index contributed by atoms with van der Waals surface area (Å²) in [4.78, 5) is 39.8. The SMILES string of the molecule is O=C(NC(CO)CO)c1c(I)c(C(=O)NC(CO)CO)c(I)c(N2C(=O)OCC2CO)c1I. The molecule has 1 aliphatic heterocycles. The number of halogens is 3. The van der Waals surface area contributed by atoms with Gasteiger partial charge >= 0.3 is 6.09 Å². The Morgan fingerprint density at radius 2 is 1.30 bits per heavy atom. The van der Waals surface area contributed by atoms with Crippen LogP contribution in [-0.4, -0.2) is 101 Å². The largest absolute Gasteiger partial charge is 0.447 e. The monoisotopic (exact) mass is 805 g/mol. The summed E-state index contributed by atoms with van der Waals surface area (Å²) in [5.41, 5.74) is 0.178. The van der Waals surface area contributed by atoms with Crippen LogP contribution in [0.4, 0.5) is 10.5 Å². The summed E-state index contributed by atoms with van der Waals surface area (Å²) in [6, 6.07) is -2.67. The molecule has 15 heteroatoms. The van der Waals surface area contributed by atoms with E-state index in [-0.39, 0.29) is 34.1 Å². The number of rotatable bonds is 10. The third-order valence-electron chi connectivity index (χ3n) is 4.71. The number of anilines is 1. The fourth-order valence-corrected chi connectivity index (χ4v) is 7.61. The summed E-state index contributed by atoms with van der Waals surface area (Å²) in [5, 5.41) is 52.0. The van der Waals surface area contributed by atoms with E-state index in [9.17, 15) is 39.9 Å². The number of carbonyl (C=O) groups is 3. The molecule has 12 nitrogen and oxygen atoms in total. The fourth-order valence-electron chi connectivity index (χ4n) is 2.94. The number of nitrogens with zero attached hydrogens (tertiary/aromatic N) is 1. The van der Waals surface area contributed by atoms with Crippen LogP contribution < -0.4 is 15.5 Å². The fraction of sp³-hybridized carbons (Fsp3) is 0.500. The maximum atomic E-state index is 13.1. The maximum Gasteiger partial charge on any atom is 0.414 e. The van der Waals surface area contributed by atoms with Crippen molar-refractivity contribution in [2.75, 3.05) is 44.5 Å². The number of cyclic esters (lactones) is 1. The number of aliphatic hydroxyl groups is 5. The third kappa shape index (κ3) is 6.16. The van der Waals surface area contributed by atoms with Gasteiger partial charge in [-0.25, -0.2) is 4.79 Å². The maximum absolute atomic E-state index is 13.1. The minimum Gasteiger partial charge on any atom is -0.447 e. The number of benzene rings is 1. The molecule has 1 heterocycles. The molecule has 1 aromatic rings. The second-order valence-electron chi connectivity index (χ2n) is 6.89. The van der Waals surface area contributed by atoms with Gasteiger partial charge in [-0.1, -0.05) is 0 Å². The third-order valence-corrected chi connectivity index (χ3v) is 7.89. The Kier molecular flexibility index (Phi) is 11.2. The zero-order valence-corrected chi connectivity index (χ0v) is 23.4. The van der Waals surface area contributed by atoms with Gasteiger partial charge in [-0.05, 0) is 67.8 Å². The Balaban J connectivity index is 2.75. The van der Waals surface area contributed by atoms with Crippen LogP contribution in [0.2, 0.25) is 0 Å². The number of carbonyl (C=O) groups excluding carboxylic acids is 3. The van der Waals surface area contributed by atoms with Crippen molar-refractivity contribution in [2.45, 2.75) is 18.1 Å². The van der Waals surface area contributed by atoms with Crippen molar-refractivity contribution in [2.24, 2.45) is 0 Å². The molecule has 1 unspecified atom stereocenters. The predicted molar refractivity (Wildman–Crippen MR) is 140 cm³/mol. The minimum atomic E-state index is -0.959. The number of ether oxygens (including phenoxy) is 1. The van der Waals surface area contributed by atoms with Crippen molar-refractivity contribution in [3.8, 4) is 0 Å². The zero-order valence-electron chi connectivity index (χ0n) is 16.9.